The maximum Gasteiger partial charge on any atom is 0.174 e. The van der Waals surface area contributed by atoms with E-state index in [-0.39, 0.29) is 5.72 Å². The van der Waals surface area contributed by atoms with Crippen molar-refractivity contribution in [3.8, 4) is 0 Å². The fourth-order valence-corrected chi connectivity index (χ4v) is 3.75. The van der Waals surface area contributed by atoms with Gasteiger partial charge in [-0.15, -0.1) is 0 Å². The highest BCUT2D eigenvalue weighted by Crippen LogP contribution is 2.57. The molecule has 2 aliphatic heterocycles. The Bertz CT molecular complexity index is 610. The number of para-hydroxylation sites is 1. The lowest BCUT2D eigenvalue weighted by molar-refractivity contribution is -0.00200. The second-order valence-corrected chi connectivity index (χ2v) is 5.37. The first-order valence-corrected chi connectivity index (χ1v) is 6.86. The quantitative estimate of drug-likeness (QED) is 0.769. The number of hydrogen-bond acceptors (Lipinski definition) is 2. The van der Waals surface area contributed by atoms with Gasteiger partial charge in [0.1, 0.15) is 0 Å². The van der Waals surface area contributed by atoms with E-state index in [0.717, 1.165) is 13.0 Å². The number of likely N-dealkylation sites (N-methyl/N-ethyl adjacent to an activating group) is 1. The fourth-order valence-electron chi connectivity index (χ4n) is 3.75. The molecule has 2 nitrogen and oxygen atoms in total. The number of ether oxygens (including phenoxy) is 1. The molecule has 0 aliphatic carbocycles. The molecule has 0 saturated carbocycles. The molecule has 2 aromatic rings. The van der Waals surface area contributed by atoms with Crippen molar-refractivity contribution in [2.45, 2.75) is 18.1 Å². The summed E-state index contributed by atoms with van der Waals surface area (Å²) in [6.07, 6.45) is 1.09. The standard InChI is InChI=1S/C17H17NO/c1-18-16-10-6-5-9-14(16)15-11-12-19-17(15,18)13-7-3-2-4-8-13/h2-10,15H,11-12H2,1H3/t15-,17-/m1/s1. The molecule has 2 heterocycles. The van der Waals surface area contributed by atoms with Crippen LogP contribution in [0, 0.1) is 0 Å². The van der Waals surface area contributed by atoms with Crippen LogP contribution in [0.2, 0.25) is 0 Å². The van der Waals surface area contributed by atoms with Gasteiger partial charge in [0.25, 0.3) is 0 Å². The molecule has 0 bridgehead atoms. The summed E-state index contributed by atoms with van der Waals surface area (Å²) in [5.41, 5.74) is 3.68. The maximum absolute atomic E-state index is 6.27. The molecule has 0 spiro atoms. The van der Waals surface area contributed by atoms with E-state index in [1.54, 1.807) is 0 Å². The van der Waals surface area contributed by atoms with Gasteiger partial charge in [-0.25, -0.2) is 0 Å². The van der Waals surface area contributed by atoms with Gasteiger partial charge in [0.15, 0.2) is 5.72 Å². The second-order valence-electron chi connectivity index (χ2n) is 5.37. The van der Waals surface area contributed by atoms with Crippen molar-refractivity contribution in [2.75, 3.05) is 18.6 Å². The zero-order valence-electron chi connectivity index (χ0n) is 11.0. The Morgan fingerprint density at radius 2 is 1.79 bits per heavy atom. The lowest BCUT2D eigenvalue weighted by Crippen LogP contribution is -2.42. The molecular formula is C17H17NO. The molecule has 0 aromatic heterocycles. The van der Waals surface area contributed by atoms with Gasteiger partial charge in [-0.2, -0.15) is 0 Å². The Balaban J connectivity index is 1.94. The van der Waals surface area contributed by atoms with Crippen molar-refractivity contribution in [2.24, 2.45) is 0 Å². The Morgan fingerprint density at radius 1 is 1.05 bits per heavy atom. The van der Waals surface area contributed by atoms with E-state index in [1.807, 2.05) is 0 Å². The summed E-state index contributed by atoms with van der Waals surface area (Å²) < 4.78 is 6.27. The van der Waals surface area contributed by atoms with Crippen LogP contribution in [0.3, 0.4) is 0 Å². The van der Waals surface area contributed by atoms with Gasteiger partial charge in [0.05, 0.1) is 6.61 Å². The lowest BCUT2D eigenvalue weighted by atomic mass is 9.86. The Morgan fingerprint density at radius 3 is 2.63 bits per heavy atom. The predicted octanol–water partition coefficient (Wildman–Crippen LogP) is 3.49. The molecule has 1 fully saturated rings. The van der Waals surface area contributed by atoms with Crippen LogP contribution in [0.15, 0.2) is 54.6 Å². The number of nitrogens with zero attached hydrogens (tertiary/aromatic N) is 1. The molecule has 2 aromatic carbocycles. The summed E-state index contributed by atoms with van der Waals surface area (Å²) in [7, 11) is 2.15. The van der Waals surface area contributed by atoms with Crippen molar-refractivity contribution in [1.29, 1.82) is 0 Å². The van der Waals surface area contributed by atoms with E-state index in [4.69, 9.17) is 4.74 Å². The summed E-state index contributed by atoms with van der Waals surface area (Å²) in [5.74, 6) is 0.441. The predicted molar refractivity (Wildman–Crippen MR) is 76.3 cm³/mol. The summed E-state index contributed by atoms with van der Waals surface area (Å²) >= 11 is 0. The number of benzene rings is 2. The minimum atomic E-state index is -0.301. The summed E-state index contributed by atoms with van der Waals surface area (Å²) in [6, 6.07) is 19.3. The van der Waals surface area contributed by atoms with Gasteiger partial charge in [-0.05, 0) is 18.1 Å². The van der Waals surface area contributed by atoms with Gasteiger partial charge in [0.2, 0.25) is 0 Å². The molecule has 1 saturated heterocycles. The van der Waals surface area contributed by atoms with E-state index < -0.39 is 0 Å². The number of fused-ring (bicyclic) bond motifs is 3. The maximum atomic E-state index is 6.27. The summed E-state index contributed by atoms with van der Waals surface area (Å²) in [5, 5.41) is 0. The van der Waals surface area contributed by atoms with Crippen LogP contribution in [0.25, 0.3) is 0 Å². The zero-order chi connectivity index (χ0) is 12.9. The van der Waals surface area contributed by atoms with E-state index >= 15 is 0 Å². The third-order valence-corrected chi connectivity index (χ3v) is 4.56. The first-order valence-electron chi connectivity index (χ1n) is 6.86. The van der Waals surface area contributed by atoms with Gasteiger partial charge in [-0.1, -0.05) is 48.5 Å². The van der Waals surface area contributed by atoms with E-state index in [2.05, 4.69) is 66.5 Å². The van der Waals surface area contributed by atoms with Crippen molar-refractivity contribution in [3.05, 3.63) is 65.7 Å². The molecule has 0 radical (unpaired) electrons. The summed E-state index contributed by atoms with van der Waals surface area (Å²) in [6.45, 7) is 0.832. The lowest BCUT2D eigenvalue weighted by Gasteiger charge is -2.37. The van der Waals surface area contributed by atoms with Crippen molar-refractivity contribution in [1.82, 2.24) is 0 Å². The van der Waals surface area contributed by atoms with Crippen LogP contribution in [0.1, 0.15) is 23.5 Å². The largest absolute Gasteiger partial charge is 0.351 e. The topological polar surface area (TPSA) is 12.5 Å². The highest BCUT2D eigenvalue weighted by molar-refractivity contribution is 5.65. The first-order chi connectivity index (χ1) is 9.34. The molecule has 2 atom stereocenters. The number of anilines is 1. The van der Waals surface area contributed by atoms with Crippen LogP contribution in [0.5, 0.6) is 0 Å². The highest BCUT2D eigenvalue weighted by atomic mass is 16.5. The zero-order valence-corrected chi connectivity index (χ0v) is 11.0. The SMILES string of the molecule is CN1c2ccccc2[C@H]2CCO[C@]21c1ccccc1. The smallest absolute Gasteiger partial charge is 0.174 e. The van der Waals surface area contributed by atoms with Crippen LogP contribution < -0.4 is 4.90 Å². The van der Waals surface area contributed by atoms with Crippen LogP contribution in [0.4, 0.5) is 5.69 Å². The monoisotopic (exact) mass is 251 g/mol. The normalized spacial score (nSPS) is 28.3. The Kier molecular flexibility index (Phi) is 2.24. The first kappa shape index (κ1) is 11.1. The third kappa shape index (κ3) is 1.30. The van der Waals surface area contributed by atoms with Gasteiger partial charge in [-0.3, -0.25) is 0 Å². The van der Waals surface area contributed by atoms with E-state index in [9.17, 15) is 0 Å². The average Bonchev–Trinajstić information content (AvgIpc) is 3.01. The van der Waals surface area contributed by atoms with Crippen LogP contribution >= 0.6 is 0 Å². The van der Waals surface area contributed by atoms with Gasteiger partial charge in [0, 0.05) is 24.2 Å². The van der Waals surface area contributed by atoms with Gasteiger partial charge < -0.3 is 9.64 Å². The van der Waals surface area contributed by atoms with Crippen molar-refractivity contribution in [3.63, 3.8) is 0 Å². The Labute approximate surface area is 113 Å². The molecule has 19 heavy (non-hydrogen) atoms. The van der Waals surface area contributed by atoms with E-state index in [0.29, 0.717) is 5.92 Å². The molecule has 0 N–H and O–H groups in total. The Hall–Kier alpha value is -1.80. The van der Waals surface area contributed by atoms with Crippen molar-refractivity contribution >= 4 is 5.69 Å². The fraction of sp³-hybridized carbons (Fsp3) is 0.294. The van der Waals surface area contributed by atoms with Crippen LogP contribution in [-0.2, 0) is 10.5 Å². The molecular weight excluding hydrogens is 234 g/mol. The van der Waals surface area contributed by atoms with Gasteiger partial charge >= 0.3 is 0 Å². The highest BCUT2D eigenvalue weighted by Gasteiger charge is 2.55. The number of rotatable bonds is 1. The van der Waals surface area contributed by atoms with Crippen LogP contribution in [-0.4, -0.2) is 13.7 Å². The number of hydrogen-bond donors (Lipinski definition) is 0. The molecule has 0 amide bonds. The minimum absolute atomic E-state index is 0.301. The minimum Gasteiger partial charge on any atom is -0.351 e. The van der Waals surface area contributed by atoms with Crippen molar-refractivity contribution < 1.29 is 4.74 Å². The summed E-state index contributed by atoms with van der Waals surface area (Å²) in [4.78, 5) is 2.31. The molecule has 4 rings (SSSR count). The third-order valence-electron chi connectivity index (χ3n) is 4.56. The van der Waals surface area contributed by atoms with E-state index in [1.165, 1.54) is 16.8 Å². The second kappa shape index (κ2) is 3.84. The molecule has 96 valence electrons. The molecule has 0 unspecified atom stereocenters. The molecule has 2 aliphatic rings. The average molecular weight is 251 g/mol. The molecule has 2 heteroatoms.